The molecule has 0 radical (unpaired) electrons. The highest BCUT2D eigenvalue weighted by Gasteiger charge is 2.24. The van der Waals surface area contributed by atoms with Crippen LogP contribution in [0.15, 0.2) is 11.1 Å². The van der Waals surface area contributed by atoms with Gasteiger partial charge < -0.3 is 5.32 Å². The van der Waals surface area contributed by atoms with Crippen LogP contribution in [0.5, 0.6) is 0 Å². The second-order valence-electron chi connectivity index (χ2n) is 7.15. The lowest BCUT2D eigenvalue weighted by Crippen LogP contribution is -2.43. The Bertz CT molecular complexity index is 839. The van der Waals surface area contributed by atoms with Crippen LogP contribution in [0.2, 0.25) is 0 Å². The van der Waals surface area contributed by atoms with Gasteiger partial charge in [0.25, 0.3) is 5.56 Å². The van der Waals surface area contributed by atoms with Crippen molar-refractivity contribution in [3.8, 4) is 0 Å². The Labute approximate surface area is 145 Å². The zero-order valence-corrected chi connectivity index (χ0v) is 14.8. The first-order valence-electron chi connectivity index (χ1n) is 8.92. The van der Waals surface area contributed by atoms with Gasteiger partial charge in [0.05, 0.1) is 11.7 Å². The van der Waals surface area contributed by atoms with E-state index in [1.165, 1.54) is 40.6 Å². The van der Waals surface area contributed by atoms with Crippen molar-refractivity contribution in [1.82, 2.24) is 14.9 Å². The first-order chi connectivity index (χ1) is 11.6. The molecule has 4 rings (SSSR count). The van der Waals surface area contributed by atoms with E-state index in [0.29, 0.717) is 5.92 Å². The fourth-order valence-corrected chi connectivity index (χ4v) is 5.29. The molecule has 2 aliphatic carbocycles. The van der Waals surface area contributed by atoms with E-state index in [9.17, 15) is 9.59 Å². The molecule has 0 aliphatic heterocycles. The number of carbonyl (C=O) groups is 1. The fraction of sp³-hybridized carbons (Fsp3) is 0.611. The standard InChI is InChI=1S/C18H23N3O2S/c1-11-5-2-3-7-13(11)20-15(22)9-21-10-19-17-16(18(21)23)12-6-4-8-14(12)24-17/h10-11,13H,2-9H2,1H3,(H,20,22)/t11-,13+/m1/s1. The molecule has 1 N–H and O–H groups in total. The maximum absolute atomic E-state index is 12.8. The summed E-state index contributed by atoms with van der Waals surface area (Å²) in [6, 6.07) is 0.240. The number of aryl methyl sites for hydroxylation is 2. The minimum atomic E-state index is -0.0797. The van der Waals surface area contributed by atoms with Crippen LogP contribution in [0.4, 0.5) is 0 Å². The van der Waals surface area contributed by atoms with Crippen molar-refractivity contribution >= 4 is 27.5 Å². The molecule has 6 heteroatoms. The molecule has 0 aromatic carbocycles. The van der Waals surface area contributed by atoms with E-state index in [-0.39, 0.29) is 24.1 Å². The molecule has 5 nitrogen and oxygen atoms in total. The van der Waals surface area contributed by atoms with Gasteiger partial charge in [-0.2, -0.15) is 0 Å². The minimum absolute atomic E-state index is 0.0637. The van der Waals surface area contributed by atoms with E-state index < -0.39 is 0 Å². The number of nitrogens with one attached hydrogen (secondary N) is 1. The molecule has 1 fully saturated rings. The van der Waals surface area contributed by atoms with E-state index in [4.69, 9.17) is 0 Å². The summed E-state index contributed by atoms with van der Waals surface area (Å²) in [6.07, 6.45) is 9.28. The molecule has 1 saturated carbocycles. The Morgan fingerprint density at radius 1 is 1.33 bits per heavy atom. The molecule has 2 atom stereocenters. The van der Waals surface area contributed by atoms with E-state index in [1.54, 1.807) is 11.3 Å². The van der Waals surface area contributed by atoms with Gasteiger partial charge in [-0.15, -0.1) is 11.3 Å². The van der Waals surface area contributed by atoms with Gasteiger partial charge >= 0.3 is 0 Å². The minimum Gasteiger partial charge on any atom is -0.352 e. The summed E-state index contributed by atoms with van der Waals surface area (Å²) >= 11 is 1.63. The third-order valence-corrected chi connectivity index (χ3v) is 6.66. The maximum Gasteiger partial charge on any atom is 0.262 e. The van der Waals surface area contributed by atoms with Crippen LogP contribution in [-0.2, 0) is 24.2 Å². The number of amides is 1. The Kier molecular flexibility index (Phi) is 4.16. The normalized spacial score (nSPS) is 23.4. The summed E-state index contributed by atoms with van der Waals surface area (Å²) in [5.74, 6) is 0.434. The van der Waals surface area contributed by atoms with Crippen molar-refractivity contribution in [1.29, 1.82) is 0 Å². The predicted molar refractivity (Wildman–Crippen MR) is 95.5 cm³/mol. The number of rotatable bonds is 3. The van der Waals surface area contributed by atoms with Gasteiger partial charge in [0, 0.05) is 10.9 Å². The van der Waals surface area contributed by atoms with Crippen LogP contribution in [0.25, 0.3) is 10.2 Å². The largest absolute Gasteiger partial charge is 0.352 e. The molecule has 0 bridgehead atoms. The van der Waals surface area contributed by atoms with Crippen LogP contribution in [-0.4, -0.2) is 21.5 Å². The molecule has 0 unspecified atom stereocenters. The fourth-order valence-electron chi connectivity index (χ4n) is 4.07. The average Bonchev–Trinajstić information content (AvgIpc) is 3.13. The smallest absolute Gasteiger partial charge is 0.262 e. The van der Waals surface area contributed by atoms with Crippen LogP contribution < -0.4 is 10.9 Å². The number of nitrogens with zero attached hydrogens (tertiary/aromatic N) is 2. The first-order valence-corrected chi connectivity index (χ1v) is 9.74. The number of hydrogen-bond acceptors (Lipinski definition) is 4. The highest BCUT2D eigenvalue weighted by molar-refractivity contribution is 7.18. The predicted octanol–water partition coefficient (Wildman–Crippen LogP) is 2.64. The van der Waals surface area contributed by atoms with Gasteiger partial charge in [0.1, 0.15) is 11.4 Å². The maximum atomic E-state index is 12.8. The number of fused-ring (bicyclic) bond motifs is 3. The molecule has 2 heterocycles. The van der Waals surface area contributed by atoms with Crippen molar-refractivity contribution in [3.63, 3.8) is 0 Å². The van der Waals surface area contributed by atoms with Gasteiger partial charge in [-0.25, -0.2) is 4.98 Å². The molecule has 2 aliphatic rings. The molecule has 24 heavy (non-hydrogen) atoms. The van der Waals surface area contributed by atoms with Gasteiger partial charge in [0.2, 0.25) is 5.91 Å². The summed E-state index contributed by atoms with van der Waals surface area (Å²) in [7, 11) is 0. The van der Waals surface area contributed by atoms with Crippen LogP contribution in [0.1, 0.15) is 49.5 Å². The van der Waals surface area contributed by atoms with Gasteiger partial charge in [-0.05, 0) is 43.6 Å². The second-order valence-corrected chi connectivity index (χ2v) is 8.23. The van der Waals surface area contributed by atoms with E-state index >= 15 is 0 Å². The monoisotopic (exact) mass is 345 g/mol. The third kappa shape index (κ3) is 2.77. The molecule has 2 aromatic rings. The van der Waals surface area contributed by atoms with Crippen molar-refractivity contribution in [2.24, 2.45) is 5.92 Å². The molecule has 2 aromatic heterocycles. The zero-order valence-electron chi connectivity index (χ0n) is 14.0. The van der Waals surface area contributed by atoms with Crippen molar-refractivity contribution in [3.05, 3.63) is 27.1 Å². The van der Waals surface area contributed by atoms with Gasteiger partial charge in [0.15, 0.2) is 0 Å². The molecular formula is C18H23N3O2S. The number of hydrogen-bond donors (Lipinski definition) is 1. The van der Waals surface area contributed by atoms with Crippen molar-refractivity contribution < 1.29 is 4.79 Å². The topological polar surface area (TPSA) is 64.0 Å². The van der Waals surface area contributed by atoms with Gasteiger partial charge in [-0.1, -0.05) is 19.8 Å². The van der Waals surface area contributed by atoms with Crippen LogP contribution >= 0.6 is 11.3 Å². The molecular weight excluding hydrogens is 322 g/mol. The van der Waals surface area contributed by atoms with Gasteiger partial charge in [-0.3, -0.25) is 14.2 Å². The van der Waals surface area contributed by atoms with Crippen molar-refractivity contribution in [2.75, 3.05) is 0 Å². The van der Waals surface area contributed by atoms with E-state index in [2.05, 4.69) is 17.2 Å². The average molecular weight is 345 g/mol. The summed E-state index contributed by atoms with van der Waals surface area (Å²) in [5, 5.41) is 3.86. The summed E-state index contributed by atoms with van der Waals surface area (Å²) in [4.78, 5) is 31.7. The van der Waals surface area contributed by atoms with Crippen LogP contribution in [0.3, 0.4) is 0 Å². The van der Waals surface area contributed by atoms with E-state index in [0.717, 1.165) is 35.9 Å². The van der Waals surface area contributed by atoms with Crippen molar-refractivity contribution in [2.45, 2.75) is 64.5 Å². The summed E-state index contributed by atoms with van der Waals surface area (Å²) in [6.45, 7) is 2.26. The number of carbonyl (C=O) groups excluding carboxylic acids is 1. The summed E-state index contributed by atoms with van der Waals surface area (Å²) < 4.78 is 1.47. The molecule has 128 valence electrons. The zero-order chi connectivity index (χ0) is 16.7. The lowest BCUT2D eigenvalue weighted by molar-refractivity contribution is -0.123. The quantitative estimate of drug-likeness (QED) is 0.930. The van der Waals surface area contributed by atoms with E-state index in [1.807, 2.05) is 0 Å². The number of aromatic nitrogens is 2. The first kappa shape index (κ1) is 15.8. The lowest BCUT2D eigenvalue weighted by Gasteiger charge is -2.29. The number of thiophene rings is 1. The Morgan fingerprint density at radius 3 is 3.00 bits per heavy atom. The SMILES string of the molecule is C[C@@H]1CCCC[C@@H]1NC(=O)Cn1cnc2sc3c(c2c1=O)CCC3. The molecule has 0 saturated heterocycles. The highest BCUT2D eigenvalue weighted by atomic mass is 32.1. The Hall–Kier alpha value is -1.69. The Balaban J connectivity index is 1.55. The third-order valence-electron chi connectivity index (χ3n) is 5.46. The van der Waals surface area contributed by atoms with Crippen LogP contribution in [0, 0.1) is 5.92 Å². The highest BCUT2D eigenvalue weighted by Crippen LogP contribution is 2.34. The molecule has 0 spiro atoms. The molecule has 1 amide bonds. The summed E-state index contributed by atoms with van der Waals surface area (Å²) in [5.41, 5.74) is 1.11. The lowest BCUT2D eigenvalue weighted by atomic mass is 9.86. The Morgan fingerprint density at radius 2 is 2.17 bits per heavy atom. The second kappa shape index (κ2) is 6.31.